The summed E-state index contributed by atoms with van der Waals surface area (Å²) in [5.41, 5.74) is 16.7. The highest BCUT2D eigenvalue weighted by Crippen LogP contribution is 2.59. The highest BCUT2D eigenvalue weighted by atomic mass is 16.2. The van der Waals surface area contributed by atoms with E-state index in [1.807, 2.05) is 12.1 Å². The van der Waals surface area contributed by atoms with Crippen LogP contribution >= 0.6 is 0 Å². The minimum atomic E-state index is -0.668. The number of carbonyl (C=O) groups excluding carboxylic acids is 3. The zero-order valence-corrected chi connectivity index (χ0v) is 26.3. The van der Waals surface area contributed by atoms with Crippen molar-refractivity contribution in [1.82, 2.24) is 5.32 Å². The topological polar surface area (TPSA) is 127 Å². The van der Waals surface area contributed by atoms with Crippen LogP contribution < -0.4 is 22.1 Å². The van der Waals surface area contributed by atoms with Crippen molar-refractivity contribution in [3.63, 3.8) is 0 Å². The Bertz CT molecular complexity index is 1490. The lowest BCUT2D eigenvalue weighted by molar-refractivity contribution is -0.150. The fraction of sp³-hybridized carbons (Fsp3) is 0.583. The number of nitrogen functional groups attached to an aromatic ring is 1. The number of hydrogen-bond acceptors (Lipinski definition) is 5. The van der Waals surface area contributed by atoms with Crippen molar-refractivity contribution in [3.05, 3.63) is 58.7 Å². The van der Waals surface area contributed by atoms with Gasteiger partial charge in [0.1, 0.15) is 0 Å². The molecule has 0 radical (unpaired) electrons. The van der Waals surface area contributed by atoms with E-state index in [0.717, 1.165) is 75.6 Å². The number of benzene rings is 2. The molecular formula is C36H48N4O3. The van der Waals surface area contributed by atoms with Gasteiger partial charge in [0.2, 0.25) is 17.7 Å². The third kappa shape index (κ3) is 4.61. The molecule has 0 saturated heterocycles. The molecule has 0 spiro atoms. The van der Waals surface area contributed by atoms with Gasteiger partial charge in [0, 0.05) is 11.4 Å². The fourth-order valence-corrected chi connectivity index (χ4v) is 10.2. The van der Waals surface area contributed by atoms with E-state index < -0.39 is 10.8 Å². The molecule has 0 unspecified atom stereocenters. The van der Waals surface area contributed by atoms with Crippen LogP contribution in [0.2, 0.25) is 0 Å². The van der Waals surface area contributed by atoms with Crippen LogP contribution in [0.15, 0.2) is 36.4 Å². The summed E-state index contributed by atoms with van der Waals surface area (Å²) in [6.45, 7) is 8.68. The Morgan fingerprint density at radius 2 is 1.28 bits per heavy atom. The number of nitrogens with two attached hydrogens (primary N) is 2. The highest BCUT2D eigenvalue weighted by molar-refractivity contribution is 6.01. The molecule has 4 aliphatic rings. The SMILES string of the molecule is C[C@]1(C(=O)NC(=O)[C@@]2(C)CCC[C@]3(C)c4cc(NC(=O)CN)ccc4CC[C@@H]23)CCC[C@]2(C)c3cc(N)ccc3CC[C@@H]12. The number of fused-ring (bicyclic) bond motifs is 6. The lowest BCUT2D eigenvalue weighted by Crippen LogP contribution is -2.60. The molecular weight excluding hydrogens is 536 g/mol. The lowest BCUT2D eigenvalue weighted by atomic mass is 9.49. The number of imide groups is 1. The Morgan fingerprint density at radius 1 is 0.767 bits per heavy atom. The Hall–Kier alpha value is -3.19. The summed E-state index contributed by atoms with van der Waals surface area (Å²) in [6, 6.07) is 12.4. The van der Waals surface area contributed by atoms with Gasteiger partial charge in [-0.25, -0.2) is 0 Å². The molecule has 7 nitrogen and oxygen atoms in total. The van der Waals surface area contributed by atoms with Crippen LogP contribution in [0.4, 0.5) is 11.4 Å². The van der Waals surface area contributed by atoms with Crippen molar-refractivity contribution in [2.75, 3.05) is 17.6 Å². The molecule has 4 aliphatic carbocycles. The summed E-state index contributed by atoms with van der Waals surface area (Å²) in [7, 11) is 0. The van der Waals surface area contributed by atoms with Gasteiger partial charge in [-0.1, -0.05) is 52.7 Å². The summed E-state index contributed by atoms with van der Waals surface area (Å²) in [5.74, 6) is -0.232. The second-order valence-corrected chi connectivity index (χ2v) is 14.9. The molecule has 2 saturated carbocycles. The molecule has 3 amide bonds. The molecule has 0 bridgehead atoms. The number of nitrogens with one attached hydrogen (secondary N) is 2. The maximum absolute atomic E-state index is 14.3. The zero-order chi connectivity index (χ0) is 30.8. The van der Waals surface area contributed by atoms with E-state index >= 15 is 0 Å². The van der Waals surface area contributed by atoms with Gasteiger partial charge in [-0.05, 0) is 121 Å². The first-order chi connectivity index (χ1) is 20.3. The standard InChI is InChI=1S/C36H48N4O3/c1-33-15-5-17-35(3,28(33)13-9-22-7-11-24(38)19-26(22)33)31(42)40-32(43)36(4)18-6-16-34(2)27-20-25(39-30(41)21-37)12-8-23(27)10-14-29(34)36/h7-8,11-12,19-20,28-29H,5-6,9-10,13-18,21,37-38H2,1-4H3,(H,39,41)(H,40,42,43)/t28-,29-,33-,34-,35+,36+/m1/s1. The maximum Gasteiger partial charge on any atom is 0.238 e. The molecule has 6 rings (SSSR count). The molecule has 43 heavy (non-hydrogen) atoms. The van der Waals surface area contributed by atoms with Gasteiger partial charge in [-0.3, -0.25) is 19.7 Å². The summed E-state index contributed by atoms with van der Waals surface area (Å²) >= 11 is 0. The number of anilines is 2. The van der Waals surface area contributed by atoms with E-state index in [4.69, 9.17) is 11.5 Å². The summed E-state index contributed by atoms with van der Waals surface area (Å²) in [4.78, 5) is 40.7. The lowest BCUT2D eigenvalue weighted by Gasteiger charge is -2.56. The first-order valence-electron chi connectivity index (χ1n) is 16.2. The van der Waals surface area contributed by atoms with Crippen molar-refractivity contribution in [2.24, 2.45) is 28.4 Å². The van der Waals surface area contributed by atoms with Crippen molar-refractivity contribution >= 4 is 29.1 Å². The second-order valence-electron chi connectivity index (χ2n) is 14.9. The second kappa shape index (κ2) is 10.5. The van der Waals surface area contributed by atoms with E-state index in [1.165, 1.54) is 22.3 Å². The molecule has 0 heterocycles. The molecule has 0 aromatic heterocycles. The monoisotopic (exact) mass is 584 g/mol. The normalized spacial score (nSPS) is 34.5. The first kappa shape index (κ1) is 29.9. The van der Waals surface area contributed by atoms with Crippen LogP contribution in [0.5, 0.6) is 0 Å². The zero-order valence-electron chi connectivity index (χ0n) is 26.3. The predicted octanol–water partition coefficient (Wildman–Crippen LogP) is 5.53. The van der Waals surface area contributed by atoms with Gasteiger partial charge in [-0.2, -0.15) is 0 Å². The van der Waals surface area contributed by atoms with Crippen LogP contribution in [0.25, 0.3) is 0 Å². The molecule has 6 N–H and O–H groups in total. The van der Waals surface area contributed by atoms with Crippen LogP contribution in [0.3, 0.4) is 0 Å². The summed E-state index contributed by atoms with van der Waals surface area (Å²) in [6.07, 6.45) is 9.01. The number of rotatable bonds is 4. The third-order valence-electron chi connectivity index (χ3n) is 12.5. The van der Waals surface area contributed by atoms with Gasteiger partial charge in [-0.15, -0.1) is 0 Å². The molecule has 6 atom stereocenters. The number of aryl methyl sites for hydroxylation is 2. The van der Waals surface area contributed by atoms with Gasteiger partial charge >= 0.3 is 0 Å². The predicted molar refractivity (Wildman–Crippen MR) is 170 cm³/mol. The first-order valence-corrected chi connectivity index (χ1v) is 16.2. The van der Waals surface area contributed by atoms with Crippen LogP contribution in [0.1, 0.15) is 101 Å². The molecule has 2 aromatic carbocycles. The van der Waals surface area contributed by atoms with Crippen LogP contribution in [0, 0.1) is 22.7 Å². The summed E-state index contributed by atoms with van der Waals surface area (Å²) in [5, 5.41) is 5.94. The van der Waals surface area contributed by atoms with Crippen molar-refractivity contribution in [1.29, 1.82) is 0 Å². The average Bonchev–Trinajstić information content (AvgIpc) is 2.97. The molecule has 230 valence electrons. The largest absolute Gasteiger partial charge is 0.399 e. The summed E-state index contributed by atoms with van der Waals surface area (Å²) < 4.78 is 0. The molecule has 0 aliphatic heterocycles. The van der Waals surface area contributed by atoms with E-state index in [-0.39, 0.29) is 46.9 Å². The fourth-order valence-electron chi connectivity index (χ4n) is 10.2. The van der Waals surface area contributed by atoms with E-state index in [1.54, 1.807) is 0 Å². The maximum atomic E-state index is 14.3. The Kier molecular flexibility index (Phi) is 7.27. The third-order valence-corrected chi connectivity index (χ3v) is 12.5. The smallest absolute Gasteiger partial charge is 0.238 e. The van der Waals surface area contributed by atoms with Crippen molar-refractivity contribution < 1.29 is 14.4 Å². The van der Waals surface area contributed by atoms with Crippen molar-refractivity contribution in [3.8, 4) is 0 Å². The quantitative estimate of drug-likeness (QED) is 0.278. The number of amides is 3. The minimum Gasteiger partial charge on any atom is -0.399 e. The van der Waals surface area contributed by atoms with Crippen molar-refractivity contribution in [2.45, 2.75) is 103 Å². The Balaban J connectivity index is 1.26. The van der Waals surface area contributed by atoms with Gasteiger partial charge < -0.3 is 16.8 Å². The Morgan fingerprint density at radius 3 is 1.81 bits per heavy atom. The van der Waals surface area contributed by atoms with Crippen LogP contribution in [-0.2, 0) is 38.1 Å². The van der Waals surface area contributed by atoms with E-state index in [0.29, 0.717) is 0 Å². The molecule has 7 heteroatoms. The van der Waals surface area contributed by atoms with Gasteiger partial charge in [0.15, 0.2) is 0 Å². The molecule has 2 fully saturated rings. The van der Waals surface area contributed by atoms with Gasteiger partial charge in [0.05, 0.1) is 17.4 Å². The van der Waals surface area contributed by atoms with E-state index in [9.17, 15) is 14.4 Å². The minimum absolute atomic E-state index is 0.0667. The Labute approximate surface area is 255 Å². The van der Waals surface area contributed by atoms with E-state index in [2.05, 4.69) is 62.6 Å². The number of hydrogen-bond donors (Lipinski definition) is 4. The number of carbonyl (C=O) groups is 3. The van der Waals surface area contributed by atoms with Gasteiger partial charge in [0.25, 0.3) is 0 Å². The van der Waals surface area contributed by atoms with Crippen LogP contribution in [-0.4, -0.2) is 24.3 Å². The highest BCUT2D eigenvalue weighted by Gasteiger charge is 2.58. The molecule has 2 aromatic rings. The average molecular weight is 585 g/mol.